The molecule has 0 aromatic heterocycles. The third-order valence-electron chi connectivity index (χ3n) is 4.43. The van der Waals surface area contributed by atoms with Crippen LogP contribution < -0.4 is 0 Å². The molecule has 0 heterocycles. The highest BCUT2D eigenvalue weighted by molar-refractivity contribution is 5.99. The molecule has 0 aromatic rings. The highest BCUT2D eigenvalue weighted by atomic mass is 16.1. The van der Waals surface area contributed by atoms with Gasteiger partial charge in [-0.3, -0.25) is 4.79 Å². The van der Waals surface area contributed by atoms with Gasteiger partial charge in [0.15, 0.2) is 5.78 Å². The van der Waals surface area contributed by atoms with Crippen LogP contribution in [0, 0.1) is 11.3 Å². The molecule has 1 fully saturated rings. The standard InChI is InChI=1S/C15H24O/c1-11-7-6-10-15(2,3)13(11)14(16)12-8-4-5-9-12/h12H,4-10H2,1-3H3. The Hall–Kier alpha value is -0.590. The van der Waals surface area contributed by atoms with Crippen LogP contribution in [0.4, 0.5) is 0 Å². The molecule has 0 spiro atoms. The van der Waals surface area contributed by atoms with Crippen molar-refractivity contribution in [1.82, 2.24) is 0 Å². The lowest BCUT2D eigenvalue weighted by atomic mass is 9.69. The zero-order chi connectivity index (χ0) is 11.8. The van der Waals surface area contributed by atoms with Gasteiger partial charge in [-0.05, 0) is 50.0 Å². The lowest BCUT2D eigenvalue weighted by Gasteiger charge is -2.34. The van der Waals surface area contributed by atoms with Gasteiger partial charge in [0, 0.05) is 5.92 Å². The average molecular weight is 220 g/mol. The number of Topliss-reactive ketones (excluding diaryl/α,β-unsaturated/α-hetero) is 1. The van der Waals surface area contributed by atoms with Gasteiger partial charge in [0.25, 0.3) is 0 Å². The smallest absolute Gasteiger partial charge is 0.162 e. The minimum atomic E-state index is 0.127. The Labute approximate surface area is 99.3 Å². The molecular weight excluding hydrogens is 196 g/mol. The minimum absolute atomic E-state index is 0.127. The van der Waals surface area contributed by atoms with Crippen LogP contribution in [0.15, 0.2) is 11.1 Å². The second kappa shape index (κ2) is 4.35. The van der Waals surface area contributed by atoms with E-state index in [0.717, 1.165) is 19.3 Å². The Morgan fingerprint density at radius 3 is 2.38 bits per heavy atom. The van der Waals surface area contributed by atoms with Crippen molar-refractivity contribution in [3.8, 4) is 0 Å². The van der Waals surface area contributed by atoms with E-state index in [4.69, 9.17) is 0 Å². The summed E-state index contributed by atoms with van der Waals surface area (Å²) < 4.78 is 0. The number of ketones is 1. The quantitative estimate of drug-likeness (QED) is 0.679. The minimum Gasteiger partial charge on any atom is -0.294 e. The maximum atomic E-state index is 12.6. The summed E-state index contributed by atoms with van der Waals surface area (Å²) >= 11 is 0. The molecule has 0 N–H and O–H groups in total. The predicted octanol–water partition coefficient (Wildman–Crippen LogP) is 4.27. The molecule has 2 aliphatic carbocycles. The van der Waals surface area contributed by atoms with Crippen LogP contribution in [0.1, 0.15) is 65.7 Å². The predicted molar refractivity (Wildman–Crippen MR) is 67.3 cm³/mol. The highest BCUT2D eigenvalue weighted by Crippen LogP contribution is 2.43. The van der Waals surface area contributed by atoms with Crippen molar-refractivity contribution < 1.29 is 4.79 Å². The summed E-state index contributed by atoms with van der Waals surface area (Å²) in [6, 6.07) is 0. The number of carbonyl (C=O) groups is 1. The first kappa shape index (κ1) is 11.9. The summed E-state index contributed by atoms with van der Waals surface area (Å²) in [4.78, 5) is 12.6. The van der Waals surface area contributed by atoms with Crippen LogP contribution in [0.5, 0.6) is 0 Å². The molecule has 0 aromatic carbocycles. The van der Waals surface area contributed by atoms with Crippen molar-refractivity contribution >= 4 is 5.78 Å². The SMILES string of the molecule is CC1=C(C(=O)C2CCCC2)C(C)(C)CCC1. The summed E-state index contributed by atoms with van der Waals surface area (Å²) in [7, 11) is 0. The molecule has 0 aliphatic heterocycles. The third-order valence-corrected chi connectivity index (χ3v) is 4.43. The first-order valence-corrected chi connectivity index (χ1v) is 6.77. The molecular formula is C15H24O. The Morgan fingerprint density at radius 1 is 1.19 bits per heavy atom. The van der Waals surface area contributed by atoms with Gasteiger partial charge in [0.2, 0.25) is 0 Å². The van der Waals surface area contributed by atoms with Gasteiger partial charge < -0.3 is 0 Å². The maximum absolute atomic E-state index is 12.6. The van der Waals surface area contributed by atoms with E-state index in [9.17, 15) is 4.79 Å². The van der Waals surface area contributed by atoms with E-state index in [1.54, 1.807) is 0 Å². The topological polar surface area (TPSA) is 17.1 Å². The molecule has 90 valence electrons. The van der Waals surface area contributed by atoms with Crippen molar-refractivity contribution in [2.45, 2.75) is 65.7 Å². The molecule has 0 bridgehead atoms. The maximum Gasteiger partial charge on any atom is 0.162 e. The number of carbonyl (C=O) groups excluding carboxylic acids is 1. The fraction of sp³-hybridized carbons (Fsp3) is 0.800. The van der Waals surface area contributed by atoms with E-state index in [0.29, 0.717) is 11.7 Å². The van der Waals surface area contributed by atoms with Crippen LogP contribution in [0.3, 0.4) is 0 Å². The molecule has 0 radical (unpaired) electrons. The molecule has 0 unspecified atom stereocenters. The van der Waals surface area contributed by atoms with Crippen molar-refractivity contribution in [3.63, 3.8) is 0 Å². The Bertz CT molecular complexity index is 316. The van der Waals surface area contributed by atoms with E-state index in [-0.39, 0.29) is 5.41 Å². The van der Waals surface area contributed by atoms with Crippen molar-refractivity contribution in [3.05, 3.63) is 11.1 Å². The van der Waals surface area contributed by atoms with Crippen molar-refractivity contribution in [2.24, 2.45) is 11.3 Å². The fourth-order valence-electron chi connectivity index (χ4n) is 3.56. The molecule has 1 heteroatoms. The zero-order valence-electron chi connectivity index (χ0n) is 10.9. The van der Waals surface area contributed by atoms with Gasteiger partial charge in [-0.1, -0.05) is 32.3 Å². The van der Waals surface area contributed by atoms with Crippen LogP contribution >= 0.6 is 0 Å². The van der Waals surface area contributed by atoms with Gasteiger partial charge in [-0.15, -0.1) is 0 Å². The summed E-state index contributed by atoms with van der Waals surface area (Å²) in [6.07, 6.45) is 8.33. The molecule has 0 atom stereocenters. The van der Waals surface area contributed by atoms with E-state index in [1.165, 1.54) is 36.8 Å². The molecule has 2 aliphatic rings. The molecule has 2 rings (SSSR count). The van der Waals surface area contributed by atoms with Gasteiger partial charge in [-0.25, -0.2) is 0 Å². The molecule has 0 saturated heterocycles. The number of hydrogen-bond donors (Lipinski definition) is 0. The van der Waals surface area contributed by atoms with E-state index < -0.39 is 0 Å². The van der Waals surface area contributed by atoms with Crippen LogP contribution in [-0.4, -0.2) is 5.78 Å². The van der Waals surface area contributed by atoms with Crippen LogP contribution in [-0.2, 0) is 4.79 Å². The number of rotatable bonds is 2. The number of hydrogen-bond acceptors (Lipinski definition) is 1. The second-order valence-electron chi connectivity index (χ2n) is 6.24. The molecule has 0 amide bonds. The second-order valence-corrected chi connectivity index (χ2v) is 6.24. The Kier molecular flexibility index (Phi) is 3.23. The lowest BCUT2D eigenvalue weighted by Crippen LogP contribution is -2.29. The van der Waals surface area contributed by atoms with E-state index in [1.807, 2.05) is 0 Å². The normalized spacial score (nSPS) is 26.2. The fourth-order valence-corrected chi connectivity index (χ4v) is 3.56. The highest BCUT2D eigenvalue weighted by Gasteiger charge is 2.36. The summed E-state index contributed by atoms with van der Waals surface area (Å²) in [5, 5.41) is 0. The zero-order valence-corrected chi connectivity index (χ0v) is 10.9. The van der Waals surface area contributed by atoms with Gasteiger partial charge in [0.05, 0.1) is 0 Å². The van der Waals surface area contributed by atoms with Gasteiger partial charge >= 0.3 is 0 Å². The van der Waals surface area contributed by atoms with E-state index in [2.05, 4.69) is 20.8 Å². The Balaban J connectivity index is 2.25. The van der Waals surface area contributed by atoms with Crippen molar-refractivity contribution in [2.75, 3.05) is 0 Å². The van der Waals surface area contributed by atoms with Crippen LogP contribution in [0.2, 0.25) is 0 Å². The van der Waals surface area contributed by atoms with Crippen LogP contribution in [0.25, 0.3) is 0 Å². The largest absolute Gasteiger partial charge is 0.294 e. The monoisotopic (exact) mass is 220 g/mol. The summed E-state index contributed by atoms with van der Waals surface area (Å²) in [5.41, 5.74) is 2.68. The molecule has 1 saturated carbocycles. The summed E-state index contributed by atoms with van der Waals surface area (Å²) in [6.45, 7) is 6.67. The molecule has 1 nitrogen and oxygen atoms in total. The van der Waals surface area contributed by atoms with Gasteiger partial charge in [0.1, 0.15) is 0 Å². The first-order chi connectivity index (χ1) is 7.52. The lowest BCUT2D eigenvalue weighted by molar-refractivity contribution is -0.120. The average Bonchev–Trinajstić information content (AvgIpc) is 2.68. The first-order valence-electron chi connectivity index (χ1n) is 6.77. The third kappa shape index (κ3) is 2.09. The van der Waals surface area contributed by atoms with Gasteiger partial charge in [-0.2, -0.15) is 0 Å². The number of allylic oxidation sites excluding steroid dienone is 2. The van der Waals surface area contributed by atoms with Crippen molar-refractivity contribution in [1.29, 1.82) is 0 Å². The summed E-state index contributed by atoms with van der Waals surface area (Å²) in [5.74, 6) is 0.835. The van der Waals surface area contributed by atoms with E-state index >= 15 is 0 Å². The molecule has 16 heavy (non-hydrogen) atoms. The Morgan fingerprint density at radius 2 is 1.81 bits per heavy atom.